The van der Waals surface area contributed by atoms with Gasteiger partial charge in [0.2, 0.25) is 0 Å². The van der Waals surface area contributed by atoms with E-state index in [9.17, 15) is 27.9 Å². The minimum atomic E-state index is -4.75. The van der Waals surface area contributed by atoms with Crippen molar-refractivity contribution in [3.63, 3.8) is 0 Å². The standard InChI is InChI=1S/C14H10O7S/c15-11-6-3-1-2-4-7(6)12(16)10-8(11)5-9(22(19,20)21)13(17)14(10)18/h1-4,9,13,17H,5H2,(H,19,20,21). The van der Waals surface area contributed by atoms with E-state index in [4.69, 9.17) is 4.55 Å². The van der Waals surface area contributed by atoms with E-state index < -0.39 is 50.8 Å². The highest BCUT2D eigenvalue weighted by molar-refractivity contribution is 7.86. The second-order valence-electron chi connectivity index (χ2n) is 5.12. The van der Waals surface area contributed by atoms with E-state index in [1.54, 1.807) is 0 Å². The highest BCUT2D eigenvalue weighted by Crippen LogP contribution is 2.35. The van der Waals surface area contributed by atoms with Crippen LogP contribution in [0.2, 0.25) is 0 Å². The minimum Gasteiger partial charge on any atom is -0.383 e. The summed E-state index contributed by atoms with van der Waals surface area (Å²) in [5.41, 5.74) is -0.653. The number of aliphatic hydroxyl groups excluding tert-OH is 1. The molecule has 0 aliphatic heterocycles. The summed E-state index contributed by atoms with van der Waals surface area (Å²) in [6.45, 7) is 0. The van der Waals surface area contributed by atoms with Gasteiger partial charge < -0.3 is 5.11 Å². The van der Waals surface area contributed by atoms with Gasteiger partial charge in [0.25, 0.3) is 10.1 Å². The molecule has 3 rings (SSSR count). The van der Waals surface area contributed by atoms with Crippen molar-refractivity contribution in [1.82, 2.24) is 0 Å². The van der Waals surface area contributed by atoms with Gasteiger partial charge in [-0.25, -0.2) is 0 Å². The van der Waals surface area contributed by atoms with E-state index in [1.165, 1.54) is 24.3 Å². The molecule has 8 heteroatoms. The number of hydrogen-bond donors (Lipinski definition) is 2. The maximum Gasteiger partial charge on any atom is 0.271 e. The summed E-state index contributed by atoms with van der Waals surface area (Å²) in [5, 5.41) is 7.93. The largest absolute Gasteiger partial charge is 0.383 e. The van der Waals surface area contributed by atoms with Crippen LogP contribution < -0.4 is 0 Å². The van der Waals surface area contributed by atoms with Crippen molar-refractivity contribution in [2.24, 2.45) is 0 Å². The average molecular weight is 322 g/mol. The van der Waals surface area contributed by atoms with Crippen LogP contribution in [0.25, 0.3) is 0 Å². The number of carbonyl (C=O) groups is 3. The van der Waals surface area contributed by atoms with Gasteiger partial charge in [-0.15, -0.1) is 0 Å². The Balaban J connectivity index is 2.21. The monoisotopic (exact) mass is 322 g/mol. The lowest BCUT2D eigenvalue weighted by Crippen LogP contribution is -2.47. The van der Waals surface area contributed by atoms with Crippen LogP contribution in [-0.4, -0.2) is 46.8 Å². The summed E-state index contributed by atoms with van der Waals surface area (Å²) in [7, 11) is -4.75. The Morgan fingerprint density at radius 2 is 1.55 bits per heavy atom. The maximum absolute atomic E-state index is 12.4. The molecular weight excluding hydrogens is 312 g/mol. The third-order valence-corrected chi connectivity index (χ3v) is 5.06. The van der Waals surface area contributed by atoms with Crippen LogP contribution in [0.4, 0.5) is 0 Å². The van der Waals surface area contributed by atoms with E-state index >= 15 is 0 Å². The summed E-state index contributed by atoms with van der Waals surface area (Å²) in [4.78, 5) is 36.9. The number of allylic oxidation sites excluding steroid dienone is 1. The fraction of sp³-hybridized carbons (Fsp3) is 0.214. The zero-order valence-electron chi connectivity index (χ0n) is 11.0. The normalized spacial score (nSPS) is 25.1. The van der Waals surface area contributed by atoms with Gasteiger partial charge in [-0.3, -0.25) is 18.9 Å². The van der Waals surface area contributed by atoms with Crippen molar-refractivity contribution in [1.29, 1.82) is 0 Å². The fourth-order valence-corrected chi connectivity index (χ4v) is 3.61. The van der Waals surface area contributed by atoms with E-state index in [2.05, 4.69) is 0 Å². The number of hydrogen-bond acceptors (Lipinski definition) is 6. The molecule has 0 saturated heterocycles. The van der Waals surface area contributed by atoms with Crippen molar-refractivity contribution in [3.8, 4) is 0 Å². The Labute approximate surface area is 125 Å². The minimum absolute atomic E-state index is 0.0390. The number of carbonyl (C=O) groups excluding carboxylic acids is 3. The molecule has 0 heterocycles. The quantitative estimate of drug-likeness (QED) is 0.548. The first-order valence-electron chi connectivity index (χ1n) is 6.33. The summed E-state index contributed by atoms with van der Waals surface area (Å²) < 4.78 is 31.7. The van der Waals surface area contributed by atoms with Crippen molar-refractivity contribution in [2.75, 3.05) is 0 Å². The van der Waals surface area contributed by atoms with Gasteiger partial charge in [-0.1, -0.05) is 24.3 Å². The summed E-state index contributed by atoms with van der Waals surface area (Å²) >= 11 is 0. The molecule has 7 nitrogen and oxygen atoms in total. The number of aliphatic hydroxyl groups is 1. The molecule has 2 unspecified atom stereocenters. The van der Waals surface area contributed by atoms with Crippen molar-refractivity contribution < 1.29 is 32.5 Å². The van der Waals surface area contributed by atoms with Gasteiger partial charge in [0.1, 0.15) is 11.4 Å². The Morgan fingerprint density at radius 3 is 2.09 bits per heavy atom. The number of Topliss-reactive ketones (excluding diaryl/α,β-unsaturated/α-hetero) is 3. The topological polar surface area (TPSA) is 126 Å². The highest BCUT2D eigenvalue weighted by Gasteiger charge is 2.48. The van der Waals surface area contributed by atoms with Crippen molar-refractivity contribution >= 4 is 27.5 Å². The third kappa shape index (κ3) is 1.96. The number of fused-ring (bicyclic) bond motifs is 1. The Kier molecular flexibility index (Phi) is 3.13. The Hall–Kier alpha value is -2.16. The molecule has 114 valence electrons. The molecule has 0 aromatic heterocycles. The molecule has 2 aliphatic rings. The molecule has 0 fully saturated rings. The first kappa shape index (κ1) is 14.8. The molecule has 22 heavy (non-hydrogen) atoms. The van der Waals surface area contributed by atoms with Gasteiger partial charge in [0.05, 0.1) is 5.57 Å². The lowest BCUT2D eigenvalue weighted by Gasteiger charge is -2.30. The van der Waals surface area contributed by atoms with Crippen LogP contribution in [-0.2, 0) is 14.9 Å². The third-order valence-electron chi connectivity index (χ3n) is 3.87. The predicted molar refractivity (Wildman–Crippen MR) is 73.1 cm³/mol. The number of rotatable bonds is 1. The molecule has 1 aromatic carbocycles. The van der Waals surface area contributed by atoms with E-state index in [0.29, 0.717) is 0 Å². The lowest BCUT2D eigenvalue weighted by molar-refractivity contribution is -0.123. The molecule has 0 radical (unpaired) electrons. The summed E-state index contributed by atoms with van der Waals surface area (Å²) in [6, 6.07) is 5.85. The molecule has 0 bridgehead atoms. The van der Waals surface area contributed by atoms with Crippen molar-refractivity contribution in [2.45, 2.75) is 17.8 Å². The van der Waals surface area contributed by atoms with Crippen LogP contribution in [0.1, 0.15) is 27.1 Å². The lowest BCUT2D eigenvalue weighted by atomic mass is 9.76. The second kappa shape index (κ2) is 4.67. The molecule has 0 spiro atoms. The van der Waals surface area contributed by atoms with Gasteiger partial charge >= 0.3 is 0 Å². The smallest absolute Gasteiger partial charge is 0.271 e. The number of benzene rings is 1. The maximum atomic E-state index is 12.4. The first-order valence-corrected chi connectivity index (χ1v) is 7.84. The van der Waals surface area contributed by atoms with Gasteiger partial charge in [-0.2, -0.15) is 8.42 Å². The van der Waals surface area contributed by atoms with Gasteiger partial charge in [0, 0.05) is 16.7 Å². The Morgan fingerprint density at radius 1 is 1.00 bits per heavy atom. The van der Waals surface area contributed by atoms with Crippen LogP contribution in [0, 0.1) is 0 Å². The Bertz CT molecular complexity index is 863. The second-order valence-corrected chi connectivity index (χ2v) is 6.76. The fourth-order valence-electron chi connectivity index (χ4n) is 2.78. The van der Waals surface area contributed by atoms with Crippen LogP contribution in [0.15, 0.2) is 35.4 Å². The highest BCUT2D eigenvalue weighted by atomic mass is 32.2. The van der Waals surface area contributed by atoms with E-state index in [0.717, 1.165) is 0 Å². The van der Waals surface area contributed by atoms with Crippen LogP contribution in [0.3, 0.4) is 0 Å². The molecule has 0 amide bonds. The van der Waals surface area contributed by atoms with Crippen LogP contribution in [0.5, 0.6) is 0 Å². The van der Waals surface area contributed by atoms with Crippen molar-refractivity contribution in [3.05, 3.63) is 46.5 Å². The summed E-state index contributed by atoms with van der Waals surface area (Å²) in [6.07, 6.45) is -2.66. The van der Waals surface area contributed by atoms with E-state index in [1.807, 2.05) is 0 Å². The van der Waals surface area contributed by atoms with E-state index in [-0.39, 0.29) is 16.7 Å². The zero-order chi connectivity index (χ0) is 16.2. The average Bonchev–Trinajstić information content (AvgIpc) is 2.46. The zero-order valence-corrected chi connectivity index (χ0v) is 11.8. The molecule has 2 aliphatic carbocycles. The van der Waals surface area contributed by atoms with Crippen LogP contribution >= 0.6 is 0 Å². The van der Waals surface area contributed by atoms with Gasteiger partial charge in [-0.05, 0) is 6.42 Å². The SMILES string of the molecule is O=C1C2=C(C(=O)c3ccccc31)C(=O)C(O)C(S(=O)(=O)O)C2. The molecule has 0 saturated carbocycles. The first-order chi connectivity index (χ1) is 10.2. The molecule has 1 aromatic rings. The molecule has 2 atom stereocenters. The van der Waals surface area contributed by atoms with Gasteiger partial charge in [0.15, 0.2) is 17.3 Å². The molecule has 2 N–H and O–H groups in total. The summed E-state index contributed by atoms with van der Waals surface area (Å²) in [5.74, 6) is -2.51. The number of ketones is 3. The molecular formula is C14H10O7S. The predicted octanol–water partition coefficient (Wildman–Crippen LogP) is -0.0477.